The molecule has 4 rings (SSSR count). The third kappa shape index (κ3) is 4.78. The van der Waals surface area contributed by atoms with Crippen molar-refractivity contribution in [3.05, 3.63) is 35.4 Å². The van der Waals surface area contributed by atoms with Gasteiger partial charge in [-0.15, -0.1) is 0 Å². The molecule has 2 heterocycles. The Morgan fingerprint density at radius 2 is 1.79 bits per heavy atom. The van der Waals surface area contributed by atoms with Crippen molar-refractivity contribution in [3.8, 4) is 0 Å². The third-order valence-electron chi connectivity index (χ3n) is 8.18. The maximum atomic E-state index is 13.9. The fourth-order valence-corrected chi connectivity index (χ4v) is 6.17. The molecule has 1 aromatic carbocycles. The van der Waals surface area contributed by atoms with Crippen LogP contribution >= 0.6 is 0 Å². The number of benzene rings is 1. The molecular weight excluding hydrogens is 408 g/mol. The number of carbonyl (C=O) groups is 2. The second-order valence-electron chi connectivity index (χ2n) is 12.4. The van der Waals surface area contributed by atoms with Crippen LogP contribution in [0.3, 0.4) is 0 Å². The highest BCUT2D eigenvalue weighted by atomic mass is 16.2. The van der Waals surface area contributed by atoms with E-state index in [4.69, 9.17) is 0 Å². The van der Waals surface area contributed by atoms with Gasteiger partial charge in [0.15, 0.2) is 5.78 Å². The predicted molar refractivity (Wildman–Crippen MR) is 134 cm³/mol. The van der Waals surface area contributed by atoms with Crippen LogP contribution in [0.1, 0.15) is 91.2 Å². The SMILES string of the molecule is CCCC1CN(C(=O)C2CC2c2ccc(C(C)(C)C)cc2)C(CC(C)C)C(=O)C2C(C)CN12. The summed E-state index contributed by atoms with van der Waals surface area (Å²) < 4.78 is 0. The summed E-state index contributed by atoms with van der Waals surface area (Å²) in [4.78, 5) is 32.0. The topological polar surface area (TPSA) is 40.6 Å². The zero-order valence-corrected chi connectivity index (χ0v) is 21.8. The number of Topliss-reactive ketones (excluding diaryl/α,β-unsaturated/α-hetero) is 1. The Bertz CT molecular complexity index is 869. The van der Waals surface area contributed by atoms with E-state index in [-0.39, 0.29) is 29.3 Å². The van der Waals surface area contributed by atoms with Gasteiger partial charge in [-0.25, -0.2) is 0 Å². The highest BCUT2D eigenvalue weighted by molar-refractivity contribution is 5.95. The fraction of sp³-hybridized carbons (Fsp3) is 0.724. The van der Waals surface area contributed by atoms with E-state index in [9.17, 15) is 9.59 Å². The number of nitrogens with zero attached hydrogens (tertiary/aromatic N) is 2. The molecular formula is C29H44N2O2. The standard InChI is InChI=1S/C29H44N2O2/c1-8-9-22-17-31(25(14-18(2)3)27(32)26-19(4)16-30(22)26)28(33)24-15-23(24)20-10-12-21(13-11-20)29(5,6)7/h10-13,18-19,22-26H,8-9,14-17H2,1-7H3. The number of hydrogen-bond acceptors (Lipinski definition) is 3. The summed E-state index contributed by atoms with van der Waals surface area (Å²) in [5.74, 6) is 1.62. The number of carbonyl (C=O) groups excluding carboxylic acids is 2. The molecule has 4 nitrogen and oxygen atoms in total. The molecule has 0 bridgehead atoms. The largest absolute Gasteiger partial charge is 0.331 e. The number of fused-ring (bicyclic) bond motifs is 1. The lowest BCUT2D eigenvalue weighted by molar-refractivity contribution is -0.143. The second-order valence-corrected chi connectivity index (χ2v) is 12.4. The summed E-state index contributed by atoms with van der Waals surface area (Å²) in [5, 5.41) is 0. The van der Waals surface area contributed by atoms with Crippen LogP contribution in [0, 0.1) is 17.8 Å². The number of amides is 1. The van der Waals surface area contributed by atoms with Gasteiger partial charge >= 0.3 is 0 Å². The number of ketones is 1. The van der Waals surface area contributed by atoms with Gasteiger partial charge in [-0.05, 0) is 53.6 Å². The lowest BCUT2D eigenvalue weighted by Gasteiger charge is -2.48. The van der Waals surface area contributed by atoms with Crippen molar-refractivity contribution >= 4 is 11.7 Å². The molecule has 182 valence electrons. The van der Waals surface area contributed by atoms with Crippen molar-refractivity contribution in [3.63, 3.8) is 0 Å². The Morgan fingerprint density at radius 3 is 2.33 bits per heavy atom. The zero-order chi connectivity index (χ0) is 24.1. The maximum Gasteiger partial charge on any atom is 0.226 e. The van der Waals surface area contributed by atoms with E-state index in [1.54, 1.807) is 0 Å². The van der Waals surface area contributed by atoms with Crippen LogP contribution in [0.25, 0.3) is 0 Å². The number of rotatable bonds is 6. The molecule has 0 aromatic heterocycles. The van der Waals surface area contributed by atoms with E-state index in [1.165, 1.54) is 11.1 Å². The van der Waals surface area contributed by atoms with Gasteiger partial charge in [0.2, 0.25) is 5.91 Å². The van der Waals surface area contributed by atoms with Gasteiger partial charge < -0.3 is 4.90 Å². The average molecular weight is 453 g/mol. The Hall–Kier alpha value is -1.68. The van der Waals surface area contributed by atoms with E-state index in [0.29, 0.717) is 36.1 Å². The van der Waals surface area contributed by atoms with E-state index < -0.39 is 0 Å². The van der Waals surface area contributed by atoms with Crippen LogP contribution in [0.5, 0.6) is 0 Å². The quantitative estimate of drug-likeness (QED) is 0.580. The molecule has 1 amide bonds. The van der Waals surface area contributed by atoms with Crippen molar-refractivity contribution in [1.82, 2.24) is 9.80 Å². The maximum absolute atomic E-state index is 13.9. The van der Waals surface area contributed by atoms with E-state index in [0.717, 1.165) is 32.2 Å². The van der Waals surface area contributed by atoms with Crippen molar-refractivity contribution in [1.29, 1.82) is 0 Å². The molecule has 6 atom stereocenters. The Balaban J connectivity index is 1.56. The minimum Gasteiger partial charge on any atom is -0.331 e. The summed E-state index contributed by atoms with van der Waals surface area (Å²) in [5.41, 5.74) is 2.73. The monoisotopic (exact) mass is 452 g/mol. The predicted octanol–water partition coefficient (Wildman–Crippen LogP) is 5.40. The first-order valence-electron chi connectivity index (χ1n) is 13.2. The zero-order valence-electron chi connectivity index (χ0n) is 21.8. The molecule has 0 N–H and O–H groups in total. The summed E-state index contributed by atoms with van der Waals surface area (Å²) in [6, 6.07) is 8.91. The summed E-state index contributed by atoms with van der Waals surface area (Å²) in [6.07, 6.45) is 3.82. The molecule has 33 heavy (non-hydrogen) atoms. The first kappa shape index (κ1) is 24.4. The van der Waals surface area contributed by atoms with Crippen LogP contribution in [0.4, 0.5) is 0 Å². The van der Waals surface area contributed by atoms with Gasteiger partial charge in [0.25, 0.3) is 0 Å². The molecule has 1 aromatic rings. The van der Waals surface area contributed by atoms with Crippen LogP contribution in [-0.2, 0) is 15.0 Å². The normalized spacial score (nSPS) is 32.4. The Labute approximate surface area is 201 Å². The molecule has 0 spiro atoms. The summed E-state index contributed by atoms with van der Waals surface area (Å²) >= 11 is 0. The van der Waals surface area contributed by atoms with Crippen molar-refractivity contribution < 1.29 is 9.59 Å². The lowest BCUT2D eigenvalue weighted by atomic mass is 9.82. The minimum atomic E-state index is -0.265. The van der Waals surface area contributed by atoms with Gasteiger partial charge in [-0.3, -0.25) is 14.5 Å². The summed E-state index contributed by atoms with van der Waals surface area (Å²) in [7, 11) is 0. The number of hydrogen-bond donors (Lipinski definition) is 0. The molecule has 6 unspecified atom stereocenters. The molecule has 0 radical (unpaired) electrons. The highest BCUT2D eigenvalue weighted by Crippen LogP contribution is 2.49. The summed E-state index contributed by atoms with van der Waals surface area (Å²) in [6.45, 7) is 17.1. The van der Waals surface area contributed by atoms with Crippen LogP contribution < -0.4 is 0 Å². The van der Waals surface area contributed by atoms with Gasteiger partial charge in [-0.2, -0.15) is 0 Å². The van der Waals surface area contributed by atoms with Gasteiger partial charge in [0.05, 0.1) is 12.1 Å². The Morgan fingerprint density at radius 1 is 1.12 bits per heavy atom. The molecule has 2 saturated heterocycles. The van der Waals surface area contributed by atoms with Gasteiger partial charge in [0.1, 0.15) is 0 Å². The van der Waals surface area contributed by atoms with Crippen LogP contribution in [0.2, 0.25) is 0 Å². The lowest BCUT2D eigenvalue weighted by Crippen LogP contribution is -2.63. The van der Waals surface area contributed by atoms with Crippen LogP contribution in [0.15, 0.2) is 24.3 Å². The fourth-order valence-electron chi connectivity index (χ4n) is 6.17. The second kappa shape index (κ2) is 9.17. The molecule has 4 heteroatoms. The molecule has 2 aliphatic heterocycles. The smallest absolute Gasteiger partial charge is 0.226 e. The molecule has 3 fully saturated rings. The molecule has 1 saturated carbocycles. The molecule has 3 aliphatic rings. The molecule has 1 aliphatic carbocycles. The first-order valence-corrected chi connectivity index (χ1v) is 13.2. The third-order valence-corrected chi connectivity index (χ3v) is 8.18. The minimum absolute atomic E-state index is 0.00282. The van der Waals surface area contributed by atoms with Crippen LogP contribution in [-0.4, -0.2) is 52.7 Å². The average Bonchev–Trinajstić information content (AvgIpc) is 3.53. The van der Waals surface area contributed by atoms with Crippen molar-refractivity contribution in [2.75, 3.05) is 13.1 Å². The Kier molecular flexibility index (Phi) is 6.79. The van der Waals surface area contributed by atoms with Gasteiger partial charge in [-0.1, -0.05) is 79.2 Å². The van der Waals surface area contributed by atoms with E-state index >= 15 is 0 Å². The van der Waals surface area contributed by atoms with Crippen molar-refractivity contribution in [2.45, 2.75) is 104 Å². The van der Waals surface area contributed by atoms with Gasteiger partial charge in [0, 0.05) is 25.0 Å². The highest BCUT2D eigenvalue weighted by Gasteiger charge is 2.54. The first-order chi connectivity index (χ1) is 15.5. The van der Waals surface area contributed by atoms with Crippen molar-refractivity contribution in [2.24, 2.45) is 17.8 Å². The van der Waals surface area contributed by atoms with E-state index in [1.807, 2.05) is 4.90 Å². The van der Waals surface area contributed by atoms with E-state index in [2.05, 4.69) is 77.6 Å².